The zero-order valence-electron chi connectivity index (χ0n) is 21.2. The van der Waals surface area contributed by atoms with E-state index in [1.807, 2.05) is 66.4 Å². The van der Waals surface area contributed by atoms with Gasteiger partial charge in [0.2, 0.25) is 5.91 Å². The van der Waals surface area contributed by atoms with Crippen LogP contribution in [0, 0.1) is 11.3 Å². The van der Waals surface area contributed by atoms with Crippen molar-refractivity contribution in [3.63, 3.8) is 0 Å². The molecular weight excluding hydrogens is 454 g/mol. The smallest absolute Gasteiger partial charge is 0.220 e. The summed E-state index contributed by atoms with van der Waals surface area (Å²) in [6, 6.07) is 18.0. The maximum Gasteiger partial charge on any atom is 0.220 e. The highest BCUT2D eigenvalue weighted by molar-refractivity contribution is 6.03. The number of nitrogens with one attached hydrogen (secondary N) is 1. The van der Waals surface area contributed by atoms with Crippen molar-refractivity contribution in [1.29, 1.82) is 5.26 Å². The summed E-state index contributed by atoms with van der Waals surface area (Å²) in [5.41, 5.74) is 3.11. The molecular formula is C28H33N5O3. The molecule has 1 N–H and O–H groups in total. The monoisotopic (exact) mass is 487 g/mol. The van der Waals surface area contributed by atoms with Crippen molar-refractivity contribution in [3.05, 3.63) is 65.5 Å². The number of benzene rings is 2. The van der Waals surface area contributed by atoms with Crippen LogP contribution in [0.4, 0.5) is 11.4 Å². The summed E-state index contributed by atoms with van der Waals surface area (Å²) in [6.45, 7) is 2.58. The number of amides is 1. The van der Waals surface area contributed by atoms with Gasteiger partial charge in [-0.15, -0.1) is 0 Å². The van der Waals surface area contributed by atoms with E-state index in [2.05, 4.69) is 22.4 Å². The molecule has 0 radical (unpaired) electrons. The van der Waals surface area contributed by atoms with Crippen molar-refractivity contribution in [1.82, 2.24) is 10.2 Å². The first kappa shape index (κ1) is 25.3. The number of methoxy groups -OCH3 is 1. The lowest BCUT2D eigenvalue weighted by atomic mass is 10.0. The van der Waals surface area contributed by atoms with Crippen molar-refractivity contribution < 1.29 is 14.3 Å². The van der Waals surface area contributed by atoms with E-state index < -0.39 is 0 Å². The fourth-order valence-corrected chi connectivity index (χ4v) is 5.02. The highest BCUT2D eigenvalue weighted by Gasteiger charge is 2.31. The van der Waals surface area contributed by atoms with Gasteiger partial charge in [0.25, 0.3) is 0 Å². The van der Waals surface area contributed by atoms with E-state index in [4.69, 9.17) is 4.74 Å². The quantitative estimate of drug-likeness (QED) is 0.451. The molecule has 2 aromatic rings. The Bertz CT molecular complexity index is 1160. The van der Waals surface area contributed by atoms with E-state index >= 15 is 0 Å². The molecule has 2 aliphatic heterocycles. The number of nitrogens with zero attached hydrogens (tertiary/aromatic N) is 4. The molecule has 0 aromatic heterocycles. The molecule has 0 saturated carbocycles. The number of piperidine rings is 1. The van der Waals surface area contributed by atoms with E-state index in [-0.39, 0.29) is 36.1 Å². The van der Waals surface area contributed by atoms with E-state index in [0.29, 0.717) is 5.82 Å². The summed E-state index contributed by atoms with van der Waals surface area (Å²) in [5, 5.41) is 12.8. The highest BCUT2D eigenvalue weighted by Crippen LogP contribution is 2.40. The van der Waals surface area contributed by atoms with Crippen molar-refractivity contribution in [2.45, 2.75) is 38.3 Å². The summed E-state index contributed by atoms with van der Waals surface area (Å²) in [6.07, 6.45) is 1.79. The predicted octanol–water partition coefficient (Wildman–Crippen LogP) is 3.45. The van der Waals surface area contributed by atoms with Gasteiger partial charge in [-0.05, 0) is 31.0 Å². The molecule has 8 nitrogen and oxygen atoms in total. The molecule has 0 atom stereocenters. The lowest BCUT2D eigenvalue weighted by molar-refractivity contribution is -0.124. The van der Waals surface area contributed by atoms with E-state index in [1.54, 1.807) is 7.11 Å². The molecule has 2 aromatic carbocycles. The summed E-state index contributed by atoms with van der Waals surface area (Å²) in [4.78, 5) is 31.6. The Morgan fingerprint density at radius 1 is 1.00 bits per heavy atom. The fraction of sp³-hybridized carbons (Fsp3) is 0.393. The topological polar surface area (TPSA) is 88.9 Å². The number of para-hydroxylation sites is 3. The van der Waals surface area contributed by atoms with Gasteiger partial charge < -0.3 is 19.9 Å². The largest absolute Gasteiger partial charge is 0.496 e. The number of carbonyl (C=O) groups excluding carboxylic acids is 2. The van der Waals surface area contributed by atoms with Gasteiger partial charge in [-0.3, -0.25) is 14.5 Å². The minimum absolute atomic E-state index is 0.00288. The summed E-state index contributed by atoms with van der Waals surface area (Å²) in [7, 11) is 5.37. The van der Waals surface area contributed by atoms with Gasteiger partial charge in [0.05, 0.1) is 18.5 Å². The van der Waals surface area contributed by atoms with Crippen LogP contribution in [0.1, 0.15) is 31.2 Å². The third kappa shape index (κ3) is 5.37. The fourth-order valence-electron chi connectivity index (χ4n) is 5.02. The lowest BCUT2D eigenvalue weighted by Crippen LogP contribution is -2.44. The number of carbonyl (C=O) groups is 2. The van der Waals surface area contributed by atoms with Gasteiger partial charge in [-0.1, -0.05) is 30.3 Å². The lowest BCUT2D eigenvalue weighted by Gasteiger charge is -2.32. The standard InChI is InChI=1S/C28H33N5O3/c1-31-23-9-5-6-10-24(23)32(2)28(31)22(18-29)25(34)12-13-27(35)30-21-14-16-33(17-15-21)19-20-8-4-7-11-26(20)36-3/h4-11,21H,12-17,19H2,1-3H3,(H,30,35). The Morgan fingerprint density at radius 2 is 1.61 bits per heavy atom. The second-order valence-electron chi connectivity index (χ2n) is 9.27. The maximum absolute atomic E-state index is 12.9. The highest BCUT2D eigenvalue weighted by atomic mass is 16.5. The minimum atomic E-state index is -0.319. The first-order valence-electron chi connectivity index (χ1n) is 12.3. The molecule has 36 heavy (non-hydrogen) atoms. The summed E-state index contributed by atoms with van der Waals surface area (Å²) < 4.78 is 5.45. The zero-order valence-corrected chi connectivity index (χ0v) is 21.2. The second-order valence-corrected chi connectivity index (χ2v) is 9.27. The van der Waals surface area contributed by atoms with Gasteiger partial charge in [-0.2, -0.15) is 5.26 Å². The Balaban J connectivity index is 1.27. The Morgan fingerprint density at radius 3 is 2.22 bits per heavy atom. The third-order valence-corrected chi connectivity index (χ3v) is 6.97. The van der Waals surface area contributed by atoms with Gasteiger partial charge in [0, 0.05) is 58.2 Å². The Kier molecular flexibility index (Phi) is 7.91. The third-order valence-electron chi connectivity index (χ3n) is 6.97. The number of anilines is 2. The van der Waals surface area contributed by atoms with E-state index in [1.165, 1.54) is 0 Å². The number of ether oxygens (including phenoxy) is 1. The first-order valence-corrected chi connectivity index (χ1v) is 12.3. The van der Waals surface area contributed by atoms with Crippen LogP contribution in [0.2, 0.25) is 0 Å². The van der Waals surface area contributed by atoms with Crippen LogP contribution in [0.5, 0.6) is 5.75 Å². The molecule has 1 fully saturated rings. The molecule has 0 unspecified atom stereocenters. The summed E-state index contributed by atoms with van der Waals surface area (Å²) in [5.74, 6) is 0.973. The predicted molar refractivity (Wildman–Crippen MR) is 140 cm³/mol. The number of ketones is 1. The Labute approximate surface area is 212 Å². The summed E-state index contributed by atoms with van der Waals surface area (Å²) >= 11 is 0. The molecule has 2 heterocycles. The van der Waals surface area contributed by atoms with Gasteiger partial charge in [0.1, 0.15) is 23.2 Å². The second kappa shape index (κ2) is 11.3. The number of rotatable bonds is 8. The van der Waals surface area contributed by atoms with Crippen LogP contribution >= 0.6 is 0 Å². The maximum atomic E-state index is 12.9. The van der Waals surface area contributed by atoms with Crippen LogP contribution in [-0.4, -0.2) is 56.9 Å². The van der Waals surface area contributed by atoms with Crippen molar-refractivity contribution in [2.75, 3.05) is 44.1 Å². The number of hydrogen-bond donors (Lipinski definition) is 1. The first-order chi connectivity index (χ1) is 17.4. The molecule has 188 valence electrons. The molecule has 2 aliphatic rings. The normalized spacial score (nSPS) is 15.9. The molecule has 1 amide bonds. The number of allylic oxidation sites excluding steroid dienone is 1. The van der Waals surface area contributed by atoms with Gasteiger partial charge in [0.15, 0.2) is 5.78 Å². The zero-order chi connectivity index (χ0) is 25.7. The van der Waals surface area contributed by atoms with Crippen molar-refractivity contribution in [3.8, 4) is 11.8 Å². The number of fused-ring (bicyclic) bond motifs is 1. The number of hydrogen-bond acceptors (Lipinski definition) is 7. The van der Waals surface area contributed by atoms with E-state index in [9.17, 15) is 14.9 Å². The average molecular weight is 488 g/mol. The van der Waals surface area contributed by atoms with Crippen LogP contribution in [0.25, 0.3) is 0 Å². The molecule has 0 spiro atoms. The Hall–Kier alpha value is -3.83. The SMILES string of the molecule is COc1ccccc1CN1CCC(NC(=O)CCC(=O)C(C#N)=C2N(C)c3ccccc3N2C)CC1. The molecule has 8 heteroatoms. The van der Waals surface area contributed by atoms with Crippen molar-refractivity contribution >= 4 is 23.1 Å². The molecule has 0 bridgehead atoms. The van der Waals surface area contributed by atoms with E-state index in [0.717, 1.165) is 55.2 Å². The molecule has 1 saturated heterocycles. The van der Waals surface area contributed by atoms with Crippen LogP contribution in [-0.2, 0) is 16.1 Å². The molecule has 4 rings (SSSR count). The van der Waals surface area contributed by atoms with Crippen LogP contribution < -0.4 is 19.9 Å². The van der Waals surface area contributed by atoms with Crippen LogP contribution in [0.3, 0.4) is 0 Å². The molecule has 0 aliphatic carbocycles. The van der Waals surface area contributed by atoms with Crippen LogP contribution in [0.15, 0.2) is 59.9 Å². The van der Waals surface area contributed by atoms with Crippen molar-refractivity contribution in [2.24, 2.45) is 0 Å². The van der Waals surface area contributed by atoms with Gasteiger partial charge in [-0.25, -0.2) is 0 Å². The number of nitriles is 1. The van der Waals surface area contributed by atoms with Gasteiger partial charge >= 0.3 is 0 Å². The minimum Gasteiger partial charge on any atom is -0.496 e. The number of likely N-dealkylation sites (tertiary alicyclic amines) is 1. The number of Topliss-reactive ketones (excluding diaryl/α,β-unsaturated/α-hetero) is 1. The average Bonchev–Trinajstić information content (AvgIpc) is 3.15.